The van der Waals surface area contributed by atoms with Crippen molar-refractivity contribution >= 4 is 11.9 Å². The molecule has 6 heteroatoms. The number of hydrogen-bond donors (Lipinski definition) is 2. The minimum absolute atomic E-state index is 0.188. The number of unbranched alkanes of at least 4 members (excludes halogenated alkanes) is 2. The Hall–Kier alpha value is -1.40. The fourth-order valence-electron chi connectivity index (χ4n) is 2.49. The molecule has 0 radical (unpaired) electrons. The summed E-state index contributed by atoms with van der Waals surface area (Å²) < 4.78 is 5.84. The van der Waals surface area contributed by atoms with E-state index in [1.807, 2.05) is 27.2 Å². The standard InChI is InChI=1S/C19H35NO5/c1-5-6-7-8-9-11-16(21)12-10-13-19(24)25-17(14-18(22)23)15-20(2,3)4/h8-9,16-17,21H,5-7,10-15H2,1-4H3/p+1/b9-8+. The number of aliphatic hydroxyl groups excluding tert-OH is 1. The zero-order valence-corrected chi connectivity index (χ0v) is 16.2. The smallest absolute Gasteiger partial charge is 0.307 e. The average molecular weight is 358 g/mol. The Morgan fingerprint density at radius 2 is 1.84 bits per heavy atom. The topological polar surface area (TPSA) is 83.8 Å². The number of carboxylic acids is 1. The fourth-order valence-corrected chi connectivity index (χ4v) is 2.49. The van der Waals surface area contributed by atoms with Crippen molar-refractivity contribution < 1.29 is 29.0 Å². The summed E-state index contributed by atoms with van der Waals surface area (Å²) in [6.45, 7) is 2.59. The number of esters is 1. The first-order valence-electron chi connectivity index (χ1n) is 9.18. The highest BCUT2D eigenvalue weighted by molar-refractivity contribution is 5.71. The number of carboxylic acid groups (broad SMARTS) is 1. The first-order chi connectivity index (χ1) is 11.6. The minimum Gasteiger partial charge on any atom is -0.481 e. The summed E-state index contributed by atoms with van der Waals surface area (Å²) in [5.41, 5.74) is 0. The van der Waals surface area contributed by atoms with Gasteiger partial charge in [0.2, 0.25) is 0 Å². The third-order valence-electron chi connectivity index (χ3n) is 3.67. The Kier molecular flexibility index (Phi) is 12.2. The highest BCUT2D eigenvalue weighted by Gasteiger charge is 2.24. The van der Waals surface area contributed by atoms with Crippen molar-refractivity contribution in [2.75, 3.05) is 27.7 Å². The van der Waals surface area contributed by atoms with Gasteiger partial charge in [0.1, 0.15) is 6.54 Å². The van der Waals surface area contributed by atoms with Crippen LogP contribution in [0.1, 0.15) is 58.3 Å². The number of aliphatic carboxylic acids is 1. The lowest BCUT2D eigenvalue weighted by Gasteiger charge is -2.28. The number of aliphatic hydroxyl groups is 1. The molecule has 0 rings (SSSR count). The van der Waals surface area contributed by atoms with Crippen LogP contribution in [0, 0.1) is 0 Å². The van der Waals surface area contributed by atoms with E-state index in [0.29, 0.717) is 30.3 Å². The van der Waals surface area contributed by atoms with Gasteiger partial charge in [0.05, 0.1) is 33.7 Å². The molecule has 0 spiro atoms. The normalized spacial score (nSPS) is 14.4. The molecule has 0 saturated heterocycles. The Bertz CT molecular complexity index is 415. The van der Waals surface area contributed by atoms with Crippen LogP contribution < -0.4 is 0 Å². The lowest BCUT2D eigenvalue weighted by molar-refractivity contribution is -0.873. The maximum absolute atomic E-state index is 11.9. The maximum Gasteiger partial charge on any atom is 0.307 e. The Balaban J connectivity index is 4.09. The molecule has 146 valence electrons. The van der Waals surface area contributed by atoms with Crippen LogP contribution >= 0.6 is 0 Å². The van der Waals surface area contributed by atoms with Gasteiger partial charge in [-0.05, 0) is 25.7 Å². The second-order valence-corrected chi connectivity index (χ2v) is 7.58. The third kappa shape index (κ3) is 15.8. The van der Waals surface area contributed by atoms with Crippen LogP contribution in [0.2, 0.25) is 0 Å². The van der Waals surface area contributed by atoms with Gasteiger partial charge in [-0.25, -0.2) is 0 Å². The van der Waals surface area contributed by atoms with Gasteiger partial charge < -0.3 is 19.4 Å². The number of allylic oxidation sites excluding steroid dienone is 1. The molecule has 0 aliphatic heterocycles. The van der Waals surface area contributed by atoms with Crippen LogP contribution in [0.5, 0.6) is 0 Å². The molecule has 6 nitrogen and oxygen atoms in total. The molecule has 2 unspecified atom stereocenters. The summed E-state index contributed by atoms with van der Waals surface area (Å²) in [6.07, 6.45) is 8.02. The Morgan fingerprint density at radius 1 is 1.16 bits per heavy atom. The van der Waals surface area contributed by atoms with E-state index in [4.69, 9.17) is 9.84 Å². The number of carbonyl (C=O) groups excluding carboxylic acids is 1. The van der Waals surface area contributed by atoms with E-state index in [9.17, 15) is 14.7 Å². The SMILES string of the molecule is CCCC/C=C/CC(O)CCCC(=O)OC(CC(=O)O)C[N+](C)(C)C. The predicted octanol–water partition coefficient (Wildman–Crippen LogP) is 2.75. The lowest BCUT2D eigenvalue weighted by atomic mass is 10.1. The molecule has 0 saturated carbocycles. The molecule has 0 aliphatic carbocycles. The molecule has 0 aromatic rings. The molecular weight excluding hydrogens is 322 g/mol. The zero-order valence-electron chi connectivity index (χ0n) is 16.2. The second kappa shape index (κ2) is 12.9. The molecule has 0 amide bonds. The summed E-state index contributed by atoms with van der Waals surface area (Å²) >= 11 is 0. The number of rotatable bonds is 14. The van der Waals surface area contributed by atoms with Crippen molar-refractivity contribution in [3.05, 3.63) is 12.2 Å². The number of ether oxygens (including phenoxy) is 1. The molecular formula is C19H36NO5+. The predicted molar refractivity (Wildman–Crippen MR) is 98.2 cm³/mol. The van der Waals surface area contributed by atoms with Gasteiger partial charge in [-0.1, -0.05) is 31.9 Å². The number of hydrogen-bond acceptors (Lipinski definition) is 4. The molecule has 0 aliphatic rings. The first-order valence-corrected chi connectivity index (χ1v) is 9.18. The summed E-state index contributed by atoms with van der Waals surface area (Å²) in [5, 5.41) is 18.8. The monoisotopic (exact) mass is 358 g/mol. The van der Waals surface area contributed by atoms with Crippen molar-refractivity contribution in [2.45, 2.75) is 70.5 Å². The first kappa shape index (κ1) is 23.6. The van der Waals surface area contributed by atoms with E-state index < -0.39 is 24.1 Å². The summed E-state index contributed by atoms with van der Waals surface area (Å²) in [4.78, 5) is 22.8. The molecule has 2 atom stereocenters. The number of nitrogens with zero attached hydrogens (tertiary/aromatic N) is 1. The highest BCUT2D eigenvalue weighted by Crippen LogP contribution is 2.10. The van der Waals surface area contributed by atoms with Gasteiger partial charge in [-0.3, -0.25) is 9.59 Å². The van der Waals surface area contributed by atoms with Crippen molar-refractivity contribution in [3.63, 3.8) is 0 Å². The van der Waals surface area contributed by atoms with Crippen LogP contribution in [0.4, 0.5) is 0 Å². The van der Waals surface area contributed by atoms with Gasteiger partial charge in [0.25, 0.3) is 0 Å². The third-order valence-corrected chi connectivity index (χ3v) is 3.67. The Labute approximate surface area is 152 Å². The Morgan fingerprint density at radius 3 is 2.40 bits per heavy atom. The molecule has 2 N–H and O–H groups in total. The van der Waals surface area contributed by atoms with E-state index in [2.05, 4.69) is 13.0 Å². The maximum atomic E-state index is 11.9. The van der Waals surface area contributed by atoms with Gasteiger partial charge in [-0.2, -0.15) is 0 Å². The molecule has 0 fully saturated rings. The van der Waals surface area contributed by atoms with Crippen LogP contribution in [0.3, 0.4) is 0 Å². The van der Waals surface area contributed by atoms with Crippen LogP contribution in [0.25, 0.3) is 0 Å². The fraction of sp³-hybridized carbons (Fsp3) is 0.789. The zero-order chi connectivity index (χ0) is 19.3. The van der Waals surface area contributed by atoms with Gasteiger partial charge in [0.15, 0.2) is 6.10 Å². The lowest BCUT2D eigenvalue weighted by Crippen LogP contribution is -2.43. The number of carbonyl (C=O) groups is 2. The summed E-state index contributed by atoms with van der Waals surface area (Å²) in [6, 6.07) is 0. The van der Waals surface area contributed by atoms with E-state index in [1.165, 1.54) is 0 Å². The van der Waals surface area contributed by atoms with E-state index in [-0.39, 0.29) is 12.8 Å². The largest absolute Gasteiger partial charge is 0.481 e. The summed E-state index contributed by atoms with van der Waals surface area (Å²) in [7, 11) is 5.77. The van der Waals surface area contributed by atoms with E-state index in [1.54, 1.807) is 0 Å². The van der Waals surface area contributed by atoms with Gasteiger partial charge in [0, 0.05) is 6.42 Å². The minimum atomic E-state index is -0.975. The van der Waals surface area contributed by atoms with Crippen LogP contribution in [-0.2, 0) is 14.3 Å². The van der Waals surface area contributed by atoms with Gasteiger partial charge >= 0.3 is 11.9 Å². The average Bonchev–Trinajstić information content (AvgIpc) is 2.44. The number of quaternary nitrogens is 1. The van der Waals surface area contributed by atoms with Crippen molar-refractivity contribution in [1.29, 1.82) is 0 Å². The molecule has 25 heavy (non-hydrogen) atoms. The summed E-state index contributed by atoms with van der Waals surface area (Å²) in [5.74, 6) is -1.37. The van der Waals surface area contributed by atoms with E-state index >= 15 is 0 Å². The van der Waals surface area contributed by atoms with Crippen molar-refractivity contribution in [2.24, 2.45) is 0 Å². The molecule has 0 aromatic heterocycles. The quantitative estimate of drug-likeness (QED) is 0.216. The van der Waals surface area contributed by atoms with Gasteiger partial charge in [-0.15, -0.1) is 0 Å². The van der Waals surface area contributed by atoms with Crippen molar-refractivity contribution in [3.8, 4) is 0 Å². The molecule has 0 heterocycles. The number of likely N-dealkylation sites (N-methyl/N-ethyl adjacent to an activating group) is 1. The second-order valence-electron chi connectivity index (χ2n) is 7.58. The van der Waals surface area contributed by atoms with Crippen LogP contribution in [-0.4, -0.2) is 66.5 Å². The van der Waals surface area contributed by atoms with E-state index in [0.717, 1.165) is 19.3 Å². The van der Waals surface area contributed by atoms with Crippen molar-refractivity contribution in [1.82, 2.24) is 0 Å². The highest BCUT2D eigenvalue weighted by atomic mass is 16.5. The van der Waals surface area contributed by atoms with Crippen LogP contribution in [0.15, 0.2) is 12.2 Å². The molecule has 0 bridgehead atoms. The molecule has 0 aromatic carbocycles.